The van der Waals surface area contributed by atoms with Gasteiger partial charge in [-0.15, -0.1) is 0 Å². The van der Waals surface area contributed by atoms with Crippen molar-refractivity contribution >= 4 is 38.4 Å². The Balaban J connectivity index is 1.71. The summed E-state index contributed by atoms with van der Waals surface area (Å²) in [5, 5.41) is 0.452. The summed E-state index contributed by atoms with van der Waals surface area (Å²) >= 11 is 6.04. The molecule has 3 heterocycles. The van der Waals surface area contributed by atoms with Gasteiger partial charge in [0.1, 0.15) is 19.1 Å². The van der Waals surface area contributed by atoms with Gasteiger partial charge < -0.3 is 18.8 Å². The maximum absolute atomic E-state index is 13.8. The molecule has 1 amide bonds. The fourth-order valence-corrected chi connectivity index (χ4v) is 4.94. The fourth-order valence-electron chi connectivity index (χ4n) is 4.15. The third-order valence-electron chi connectivity index (χ3n) is 6.07. The van der Waals surface area contributed by atoms with E-state index in [0.29, 0.717) is 28.6 Å². The second kappa shape index (κ2) is 10.1. The van der Waals surface area contributed by atoms with Crippen molar-refractivity contribution in [3.8, 4) is 11.1 Å². The summed E-state index contributed by atoms with van der Waals surface area (Å²) in [4.78, 5) is 28.0. The molecular weight excluding hydrogens is 477 g/mol. The van der Waals surface area contributed by atoms with Gasteiger partial charge in [0.2, 0.25) is 5.91 Å². The summed E-state index contributed by atoms with van der Waals surface area (Å²) in [5.74, 6) is 0.409. The van der Waals surface area contributed by atoms with Crippen LogP contribution >= 0.6 is 21.6 Å². The number of carbonyl (C=O) groups is 1. The van der Waals surface area contributed by atoms with Crippen LogP contribution in [0.3, 0.4) is 0 Å². The van der Waals surface area contributed by atoms with E-state index in [1.807, 2.05) is 16.8 Å². The Kier molecular flexibility index (Phi) is 7.40. The molecule has 9 heteroatoms. The highest BCUT2D eigenvalue weighted by atomic mass is 35.5. The molecule has 3 aromatic rings. The highest BCUT2D eigenvalue weighted by molar-refractivity contribution is 8.32. The standard InChI is InChI=1S/C25H31ClFN3O3S/c1-34(2,3)13-12-33-17-30-15-19(18-6-7-21(27)20(26)14-18)24-22(30)8-11-29(25(24)32)16-23(31)28-9-4-5-10-28/h6-8,11,14-15H,4-5,9-10,12-13,16-17H2,1-3H3. The number of nitrogens with zero attached hydrogens (tertiary/aromatic N) is 3. The average molecular weight is 508 g/mol. The molecule has 0 radical (unpaired) electrons. The van der Waals surface area contributed by atoms with E-state index in [4.69, 9.17) is 16.3 Å². The number of rotatable bonds is 8. The Hall–Kier alpha value is -2.29. The summed E-state index contributed by atoms with van der Waals surface area (Å²) < 4.78 is 23.1. The highest BCUT2D eigenvalue weighted by Crippen LogP contribution is 2.34. The number of hydrogen-bond donors (Lipinski definition) is 0. The second-order valence-corrected chi connectivity index (χ2v) is 14.6. The van der Waals surface area contributed by atoms with Crippen LogP contribution in [0.15, 0.2) is 41.5 Å². The van der Waals surface area contributed by atoms with Crippen LogP contribution < -0.4 is 5.56 Å². The van der Waals surface area contributed by atoms with Crippen LogP contribution in [-0.4, -0.2) is 64.2 Å². The minimum Gasteiger partial charge on any atom is -0.360 e. The SMILES string of the molecule is CS(C)(C)CCOCn1cc(-c2ccc(F)c(Cl)c2)c2c(=O)n(CC(=O)N3CCCC3)ccc21. The highest BCUT2D eigenvalue weighted by Gasteiger charge is 2.21. The summed E-state index contributed by atoms with van der Waals surface area (Å²) in [7, 11) is -0.672. The summed E-state index contributed by atoms with van der Waals surface area (Å²) in [6.45, 7) is 2.38. The Morgan fingerprint density at radius 2 is 1.88 bits per heavy atom. The average Bonchev–Trinajstić information content (AvgIpc) is 3.43. The van der Waals surface area contributed by atoms with Crippen molar-refractivity contribution in [3.63, 3.8) is 0 Å². The molecule has 0 saturated carbocycles. The van der Waals surface area contributed by atoms with Crippen molar-refractivity contribution in [1.82, 2.24) is 14.0 Å². The van der Waals surface area contributed by atoms with Crippen molar-refractivity contribution in [1.29, 1.82) is 0 Å². The molecule has 0 aliphatic carbocycles. The zero-order valence-corrected chi connectivity index (χ0v) is 21.4. The number of amides is 1. The molecular formula is C25H31ClFN3O3S. The Morgan fingerprint density at radius 3 is 2.56 bits per heavy atom. The molecule has 0 spiro atoms. The zero-order valence-electron chi connectivity index (χ0n) is 19.9. The number of ether oxygens (including phenoxy) is 1. The van der Waals surface area contributed by atoms with Gasteiger partial charge in [-0.05, 0) is 55.4 Å². The number of likely N-dealkylation sites (tertiary alicyclic amines) is 1. The molecule has 1 aliphatic heterocycles. The van der Waals surface area contributed by atoms with Gasteiger partial charge in [-0.2, -0.15) is 0 Å². The van der Waals surface area contributed by atoms with Crippen molar-refractivity contribution in [2.24, 2.45) is 0 Å². The van der Waals surface area contributed by atoms with Crippen LogP contribution in [0, 0.1) is 5.82 Å². The molecule has 184 valence electrons. The molecule has 1 fully saturated rings. The first-order chi connectivity index (χ1) is 16.1. The molecule has 34 heavy (non-hydrogen) atoms. The first-order valence-corrected chi connectivity index (χ1v) is 14.7. The van der Waals surface area contributed by atoms with Crippen molar-refractivity contribution in [3.05, 3.63) is 57.9 Å². The van der Waals surface area contributed by atoms with Gasteiger partial charge in [-0.1, -0.05) is 17.7 Å². The van der Waals surface area contributed by atoms with E-state index in [0.717, 1.165) is 31.7 Å². The third-order valence-corrected chi connectivity index (χ3v) is 7.75. The number of aromatic nitrogens is 2. The van der Waals surface area contributed by atoms with E-state index in [-0.39, 0.29) is 29.8 Å². The molecule has 1 aliphatic rings. The van der Waals surface area contributed by atoms with Gasteiger partial charge in [0.15, 0.2) is 0 Å². The molecule has 0 bridgehead atoms. The van der Waals surface area contributed by atoms with E-state index in [1.54, 1.807) is 17.2 Å². The van der Waals surface area contributed by atoms with Crippen LogP contribution in [0.1, 0.15) is 12.8 Å². The lowest BCUT2D eigenvalue weighted by Crippen LogP contribution is -2.34. The van der Waals surface area contributed by atoms with Gasteiger partial charge in [0.25, 0.3) is 5.56 Å². The summed E-state index contributed by atoms with van der Waals surface area (Å²) in [6, 6.07) is 6.26. The van der Waals surface area contributed by atoms with E-state index in [1.165, 1.54) is 16.7 Å². The quantitative estimate of drug-likeness (QED) is 0.420. The first kappa shape index (κ1) is 24.8. The van der Waals surface area contributed by atoms with Gasteiger partial charge in [-0.25, -0.2) is 14.4 Å². The predicted molar refractivity (Wildman–Crippen MR) is 139 cm³/mol. The third kappa shape index (κ3) is 5.50. The number of pyridine rings is 1. The topological polar surface area (TPSA) is 56.5 Å². The van der Waals surface area contributed by atoms with Crippen LogP contribution in [0.5, 0.6) is 0 Å². The summed E-state index contributed by atoms with van der Waals surface area (Å²) in [5.41, 5.74) is 1.71. The Labute approximate surface area is 205 Å². The monoisotopic (exact) mass is 507 g/mol. The van der Waals surface area contributed by atoms with E-state index in [2.05, 4.69) is 18.8 Å². The normalized spacial score (nSPS) is 14.8. The van der Waals surface area contributed by atoms with Crippen LogP contribution in [0.25, 0.3) is 22.0 Å². The Morgan fingerprint density at radius 1 is 1.15 bits per heavy atom. The molecule has 2 aromatic heterocycles. The first-order valence-electron chi connectivity index (χ1n) is 11.3. The summed E-state index contributed by atoms with van der Waals surface area (Å²) in [6.07, 6.45) is 12.2. The van der Waals surface area contributed by atoms with Gasteiger partial charge >= 0.3 is 0 Å². The van der Waals surface area contributed by atoms with Gasteiger partial charge in [0, 0.05) is 36.8 Å². The lowest BCUT2D eigenvalue weighted by atomic mass is 10.1. The number of hydrogen-bond acceptors (Lipinski definition) is 3. The van der Waals surface area contributed by atoms with Gasteiger partial charge in [-0.3, -0.25) is 9.59 Å². The minimum absolute atomic E-state index is 0.00553. The van der Waals surface area contributed by atoms with Crippen LogP contribution in [0.4, 0.5) is 4.39 Å². The lowest BCUT2D eigenvalue weighted by Gasteiger charge is -2.24. The fraction of sp³-hybridized carbons (Fsp3) is 0.440. The van der Waals surface area contributed by atoms with Crippen LogP contribution in [0.2, 0.25) is 5.02 Å². The van der Waals surface area contributed by atoms with E-state index < -0.39 is 15.8 Å². The lowest BCUT2D eigenvalue weighted by molar-refractivity contribution is -0.130. The number of halogens is 2. The number of fused-ring (bicyclic) bond motifs is 1. The maximum Gasteiger partial charge on any atom is 0.261 e. The molecule has 4 rings (SSSR count). The minimum atomic E-state index is -0.672. The van der Waals surface area contributed by atoms with E-state index >= 15 is 0 Å². The van der Waals surface area contributed by atoms with Crippen molar-refractivity contribution in [2.45, 2.75) is 26.1 Å². The van der Waals surface area contributed by atoms with Gasteiger partial charge in [0.05, 0.1) is 22.5 Å². The molecule has 6 nitrogen and oxygen atoms in total. The molecule has 1 saturated heterocycles. The second-order valence-electron chi connectivity index (χ2n) is 9.57. The maximum atomic E-state index is 13.8. The molecule has 1 aromatic carbocycles. The zero-order chi connectivity index (χ0) is 24.5. The largest absolute Gasteiger partial charge is 0.360 e. The number of benzene rings is 1. The van der Waals surface area contributed by atoms with Crippen LogP contribution in [-0.2, 0) is 22.8 Å². The van der Waals surface area contributed by atoms with Crippen molar-refractivity contribution < 1.29 is 13.9 Å². The molecule has 0 unspecified atom stereocenters. The number of carbonyl (C=O) groups excluding carboxylic acids is 1. The molecule has 0 N–H and O–H groups in total. The van der Waals surface area contributed by atoms with E-state index in [9.17, 15) is 14.0 Å². The Bertz CT molecular complexity index is 1260. The smallest absolute Gasteiger partial charge is 0.261 e. The van der Waals surface area contributed by atoms with Crippen molar-refractivity contribution in [2.75, 3.05) is 44.2 Å². The predicted octanol–water partition coefficient (Wildman–Crippen LogP) is 4.55. The molecule has 0 atom stereocenters.